The van der Waals surface area contributed by atoms with Gasteiger partial charge < -0.3 is 4.74 Å². The number of hydrogen-bond donors (Lipinski definition) is 0. The number of aryl methyl sites for hydroxylation is 1. The average molecular weight is 359 g/mol. The van der Waals surface area contributed by atoms with E-state index >= 15 is 0 Å². The number of esters is 1. The lowest BCUT2D eigenvalue weighted by Gasteiger charge is -2.24. The number of sulfonamides is 1. The van der Waals surface area contributed by atoms with Crippen LogP contribution in [0.5, 0.6) is 0 Å². The molecule has 0 saturated heterocycles. The lowest BCUT2D eigenvalue weighted by atomic mass is 10.1. The molecule has 0 N–H and O–H groups in total. The van der Waals surface area contributed by atoms with Gasteiger partial charge in [0.2, 0.25) is 0 Å². The summed E-state index contributed by atoms with van der Waals surface area (Å²) >= 11 is 0. The number of ether oxygens (including phenoxy) is 1. The molecule has 0 amide bonds. The second-order valence-corrected chi connectivity index (χ2v) is 7.77. The maximum absolute atomic E-state index is 13.2. The highest BCUT2D eigenvalue weighted by atomic mass is 32.2. The van der Waals surface area contributed by atoms with Crippen molar-refractivity contribution in [2.24, 2.45) is 0 Å². The molecule has 0 spiro atoms. The average Bonchev–Trinajstić information content (AvgIpc) is 2.85. The molecular formula is C19H21NO4S. The molecule has 2 aromatic carbocycles. The Kier molecular flexibility index (Phi) is 5.08. The zero-order valence-corrected chi connectivity index (χ0v) is 15.0. The second kappa shape index (κ2) is 7.27. The summed E-state index contributed by atoms with van der Waals surface area (Å²) in [6.07, 6.45) is 2.61. The van der Waals surface area contributed by atoms with Crippen molar-refractivity contribution in [1.82, 2.24) is 0 Å². The van der Waals surface area contributed by atoms with E-state index in [2.05, 4.69) is 0 Å². The standard InChI is InChI=1S/C19H21NO4S/c1-2-24-19(21)16-10-7-11-17(14-16)25(22,23)20-13-6-5-9-15-8-3-4-12-18(15)20/h3-4,7-8,10-12,14H,2,5-6,9,13H2,1H3. The van der Waals surface area contributed by atoms with E-state index in [1.807, 2.05) is 24.3 Å². The molecule has 0 bridgehead atoms. The largest absolute Gasteiger partial charge is 0.462 e. The van der Waals surface area contributed by atoms with Gasteiger partial charge >= 0.3 is 5.97 Å². The summed E-state index contributed by atoms with van der Waals surface area (Å²) in [5.41, 5.74) is 2.00. The highest BCUT2D eigenvalue weighted by Gasteiger charge is 2.28. The van der Waals surface area contributed by atoms with Crippen LogP contribution in [0.15, 0.2) is 53.4 Å². The number of carbonyl (C=O) groups excluding carboxylic acids is 1. The van der Waals surface area contributed by atoms with E-state index in [-0.39, 0.29) is 17.1 Å². The number of para-hydroxylation sites is 1. The molecule has 0 fully saturated rings. The van der Waals surface area contributed by atoms with Gasteiger partial charge in [0.1, 0.15) is 0 Å². The molecule has 5 nitrogen and oxygen atoms in total. The van der Waals surface area contributed by atoms with Gasteiger partial charge in [-0.25, -0.2) is 13.2 Å². The van der Waals surface area contributed by atoms with Crippen LogP contribution in [-0.2, 0) is 21.2 Å². The predicted octanol–water partition coefficient (Wildman–Crippen LogP) is 3.39. The monoisotopic (exact) mass is 359 g/mol. The van der Waals surface area contributed by atoms with Gasteiger partial charge in [-0.2, -0.15) is 0 Å². The summed E-state index contributed by atoms with van der Waals surface area (Å²) in [5, 5.41) is 0. The van der Waals surface area contributed by atoms with Crippen LogP contribution >= 0.6 is 0 Å². The van der Waals surface area contributed by atoms with Gasteiger partial charge in [0.15, 0.2) is 0 Å². The van der Waals surface area contributed by atoms with E-state index in [1.165, 1.54) is 16.4 Å². The molecule has 0 radical (unpaired) electrons. The molecule has 0 aromatic heterocycles. The van der Waals surface area contributed by atoms with E-state index in [9.17, 15) is 13.2 Å². The third-order valence-corrected chi connectivity index (χ3v) is 6.06. The minimum absolute atomic E-state index is 0.106. The van der Waals surface area contributed by atoms with Gasteiger partial charge in [-0.3, -0.25) is 4.31 Å². The molecular weight excluding hydrogens is 338 g/mol. The van der Waals surface area contributed by atoms with Gasteiger partial charge in [0.25, 0.3) is 10.0 Å². The fourth-order valence-corrected chi connectivity index (χ4v) is 4.62. The molecule has 25 heavy (non-hydrogen) atoms. The SMILES string of the molecule is CCOC(=O)c1cccc(S(=O)(=O)N2CCCCc3ccccc32)c1. The van der Waals surface area contributed by atoms with Crippen molar-refractivity contribution in [3.8, 4) is 0 Å². The molecule has 0 atom stereocenters. The number of benzene rings is 2. The maximum Gasteiger partial charge on any atom is 0.338 e. The van der Waals surface area contributed by atoms with Gasteiger partial charge in [-0.1, -0.05) is 24.3 Å². The van der Waals surface area contributed by atoms with Crippen LogP contribution in [0.25, 0.3) is 0 Å². The third kappa shape index (κ3) is 3.54. The van der Waals surface area contributed by atoms with Crippen molar-refractivity contribution in [3.05, 3.63) is 59.7 Å². The Labute approximate surface area is 148 Å². The lowest BCUT2D eigenvalue weighted by Crippen LogP contribution is -2.32. The molecule has 0 saturated carbocycles. The fraction of sp³-hybridized carbons (Fsp3) is 0.316. The van der Waals surface area contributed by atoms with Gasteiger partial charge in [0, 0.05) is 6.54 Å². The summed E-state index contributed by atoms with van der Waals surface area (Å²) in [5.74, 6) is -0.518. The van der Waals surface area contributed by atoms with Gasteiger partial charge in [-0.05, 0) is 56.0 Å². The number of anilines is 1. The van der Waals surface area contributed by atoms with Crippen LogP contribution < -0.4 is 4.31 Å². The van der Waals surface area contributed by atoms with Crippen molar-refractivity contribution in [3.63, 3.8) is 0 Å². The Hall–Kier alpha value is -2.34. The summed E-state index contributed by atoms with van der Waals surface area (Å²) in [7, 11) is -3.74. The first kappa shape index (κ1) is 17.5. The first-order valence-electron chi connectivity index (χ1n) is 8.42. The third-order valence-electron chi connectivity index (χ3n) is 4.25. The highest BCUT2D eigenvalue weighted by Crippen LogP contribution is 2.31. The lowest BCUT2D eigenvalue weighted by molar-refractivity contribution is 0.0526. The number of hydrogen-bond acceptors (Lipinski definition) is 4. The van der Waals surface area contributed by atoms with Crippen LogP contribution in [0, 0.1) is 0 Å². The molecule has 0 aliphatic carbocycles. The Balaban J connectivity index is 2.02. The van der Waals surface area contributed by atoms with E-state index in [0.29, 0.717) is 6.54 Å². The number of carbonyl (C=O) groups is 1. The zero-order chi connectivity index (χ0) is 17.9. The Morgan fingerprint density at radius 1 is 1.12 bits per heavy atom. The minimum Gasteiger partial charge on any atom is -0.462 e. The van der Waals surface area contributed by atoms with Crippen molar-refractivity contribution < 1.29 is 17.9 Å². The van der Waals surface area contributed by atoms with E-state index < -0.39 is 16.0 Å². The second-order valence-electron chi connectivity index (χ2n) is 5.91. The zero-order valence-electron chi connectivity index (χ0n) is 14.1. The van der Waals surface area contributed by atoms with Gasteiger partial charge in [-0.15, -0.1) is 0 Å². The molecule has 2 aromatic rings. The maximum atomic E-state index is 13.2. The molecule has 3 rings (SSSR count). The van der Waals surface area contributed by atoms with Crippen LogP contribution in [0.4, 0.5) is 5.69 Å². The number of fused-ring (bicyclic) bond motifs is 1. The molecule has 1 aliphatic rings. The summed E-state index contributed by atoms with van der Waals surface area (Å²) in [4.78, 5) is 12.0. The van der Waals surface area contributed by atoms with E-state index in [0.717, 1.165) is 30.5 Å². The van der Waals surface area contributed by atoms with Crippen LogP contribution in [0.3, 0.4) is 0 Å². The number of rotatable bonds is 4. The molecule has 1 aliphatic heterocycles. The van der Waals surface area contributed by atoms with Gasteiger partial charge in [0.05, 0.1) is 22.8 Å². The van der Waals surface area contributed by atoms with Crippen molar-refractivity contribution in [2.75, 3.05) is 17.5 Å². The van der Waals surface area contributed by atoms with E-state index in [1.54, 1.807) is 19.1 Å². The smallest absolute Gasteiger partial charge is 0.338 e. The predicted molar refractivity (Wildman–Crippen MR) is 96.3 cm³/mol. The van der Waals surface area contributed by atoms with Crippen LogP contribution in [0.1, 0.15) is 35.7 Å². The Bertz CT molecular complexity index is 876. The summed E-state index contributed by atoms with van der Waals surface area (Å²) < 4.78 is 32.8. The minimum atomic E-state index is -3.74. The summed E-state index contributed by atoms with van der Waals surface area (Å²) in [6.45, 7) is 2.39. The van der Waals surface area contributed by atoms with Crippen molar-refractivity contribution >= 4 is 21.7 Å². The van der Waals surface area contributed by atoms with E-state index in [4.69, 9.17) is 4.74 Å². The van der Waals surface area contributed by atoms with Crippen LogP contribution in [-0.4, -0.2) is 27.5 Å². The first-order valence-corrected chi connectivity index (χ1v) is 9.86. The first-order chi connectivity index (χ1) is 12.0. The molecule has 6 heteroatoms. The fourth-order valence-electron chi connectivity index (χ4n) is 3.03. The normalized spacial score (nSPS) is 14.5. The highest BCUT2D eigenvalue weighted by molar-refractivity contribution is 7.92. The molecule has 132 valence electrons. The van der Waals surface area contributed by atoms with Crippen molar-refractivity contribution in [1.29, 1.82) is 0 Å². The summed E-state index contributed by atoms with van der Waals surface area (Å²) in [6, 6.07) is 13.6. The number of nitrogens with zero attached hydrogens (tertiary/aromatic N) is 1. The molecule has 1 heterocycles. The quantitative estimate of drug-likeness (QED) is 0.785. The Morgan fingerprint density at radius 3 is 2.72 bits per heavy atom. The van der Waals surface area contributed by atoms with Crippen molar-refractivity contribution in [2.45, 2.75) is 31.1 Å². The van der Waals surface area contributed by atoms with Crippen LogP contribution in [0.2, 0.25) is 0 Å². The topological polar surface area (TPSA) is 63.7 Å². The Morgan fingerprint density at radius 2 is 1.92 bits per heavy atom. The molecule has 0 unspecified atom stereocenters.